The lowest BCUT2D eigenvalue weighted by molar-refractivity contribution is 0.590. The zero-order valence-corrected chi connectivity index (χ0v) is 23.9. The molecule has 4 nitrogen and oxygen atoms in total. The standard InChI is InChI=1S/C38H30N4/c1-38(2,3)26-14-12-13-25(23-26)31-24-36(41-32-19-8-4-15-27(32)28-16-5-9-20-33(28)41)40-37(39-31)42-34-21-10-6-17-29(34)30-18-7-11-22-35(30)42/h4-24H,1-3H3. The summed E-state index contributed by atoms with van der Waals surface area (Å²) in [5.41, 5.74) is 7.70. The minimum Gasteiger partial charge on any atom is -0.294 e. The summed E-state index contributed by atoms with van der Waals surface area (Å²) in [5.74, 6) is 1.50. The van der Waals surface area contributed by atoms with Gasteiger partial charge in [0.1, 0.15) is 5.82 Å². The maximum atomic E-state index is 5.33. The summed E-state index contributed by atoms with van der Waals surface area (Å²) in [7, 11) is 0. The monoisotopic (exact) mass is 542 g/mol. The summed E-state index contributed by atoms with van der Waals surface area (Å²) < 4.78 is 4.49. The summed E-state index contributed by atoms with van der Waals surface area (Å²) in [5, 5.41) is 4.80. The number of aromatic nitrogens is 4. The van der Waals surface area contributed by atoms with Gasteiger partial charge in [-0.2, -0.15) is 4.98 Å². The van der Waals surface area contributed by atoms with Crippen molar-refractivity contribution in [1.29, 1.82) is 0 Å². The third-order valence-corrected chi connectivity index (χ3v) is 8.31. The van der Waals surface area contributed by atoms with Crippen LogP contribution < -0.4 is 0 Å². The molecule has 0 N–H and O–H groups in total. The number of rotatable bonds is 3. The van der Waals surface area contributed by atoms with Crippen molar-refractivity contribution >= 4 is 43.6 Å². The van der Waals surface area contributed by atoms with Gasteiger partial charge in [-0.05, 0) is 41.3 Å². The fourth-order valence-electron chi connectivity index (χ4n) is 6.24. The Balaban J connectivity index is 1.49. The van der Waals surface area contributed by atoms with Crippen LogP contribution in [0.3, 0.4) is 0 Å². The Morgan fingerprint density at radius 3 is 1.45 bits per heavy atom. The van der Waals surface area contributed by atoms with Gasteiger partial charge in [0.25, 0.3) is 0 Å². The number of hydrogen-bond acceptors (Lipinski definition) is 2. The second kappa shape index (κ2) is 9.15. The van der Waals surface area contributed by atoms with Crippen LogP contribution in [0.5, 0.6) is 0 Å². The number of nitrogens with zero attached hydrogens (tertiary/aromatic N) is 4. The van der Waals surface area contributed by atoms with E-state index in [-0.39, 0.29) is 5.41 Å². The fraction of sp³-hybridized carbons (Fsp3) is 0.105. The molecule has 8 rings (SSSR count). The third-order valence-electron chi connectivity index (χ3n) is 8.31. The van der Waals surface area contributed by atoms with Gasteiger partial charge in [-0.3, -0.25) is 9.13 Å². The van der Waals surface area contributed by atoms with E-state index in [1.165, 1.54) is 27.1 Å². The van der Waals surface area contributed by atoms with Crippen LogP contribution in [-0.4, -0.2) is 19.1 Å². The van der Waals surface area contributed by atoms with Gasteiger partial charge in [-0.25, -0.2) is 4.98 Å². The summed E-state index contributed by atoms with van der Waals surface area (Å²) >= 11 is 0. The molecule has 0 bridgehead atoms. The normalized spacial score (nSPS) is 12.2. The molecule has 3 heterocycles. The van der Waals surface area contributed by atoms with Gasteiger partial charge in [0.05, 0.1) is 27.8 Å². The molecule has 0 spiro atoms. The first-order valence-electron chi connectivity index (χ1n) is 14.4. The van der Waals surface area contributed by atoms with Gasteiger partial charge in [-0.1, -0.05) is 112 Å². The zero-order valence-electron chi connectivity index (χ0n) is 23.9. The van der Waals surface area contributed by atoms with E-state index in [0.717, 1.165) is 39.1 Å². The van der Waals surface area contributed by atoms with E-state index in [0.29, 0.717) is 5.95 Å². The maximum Gasteiger partial charge on any atom is 0.237 e. The molecule has 42 heavy (non-hydrogen) atoms. The van der Waals surface area contributed by atoms with Crippen LogP contribution in [0, 0.1) is 0 Å². The smallest absolute Gasteiger partial charge is 0.237 e. The lowest BCUT2D eigenvalue weighted by Crippen LogP contribution is -2.11. The predicted octanol–water partition coefficient (Wildman–Crippen LogP) is 9.64. The van der Waals surface area contributed by atoms with Gasteiger partial charge in [-0.15, -0.1) is 0 Å². The quantitative estimate of drug-likeness (QED) is 0.223. The minimum absolute atomic E-state index is 0.0222. The Labute approximate surface area is 244 Å². The minimum atomic E-state index is 0.0222. The molecule has 0 aliphatic rings. The highest BCUT2D eigenvalue weighted by atomic mass is 15.2. The summed E-state index contributed by atoms with van der Waals surface area (Å²) in [6, 6.07) is 45.1. The lowest BCUT2D eigenvalue weighted by Gasteiger charge is -2.20. The molecule has 0 aliphatic heterocycles. The van der Waals surface area contributed by atoms with Crippen molar-refractivity contribution in [3.63, 3.8) is 0 Å². The fourth-order valence-corrected chi connectivity index (χ4v) is 6.24. The topological polar surface area (TPSA) is 35.6 Å². The van der Waals surface area contributed by atoms with Crippen LogP contribution in [-0.2, 0) is 5.41 Å². The first-order valence-corrected chi connectivity index (χ1v) is 14.4. The van der Waals surface area contributed by atoms with Crippen molar-refractivity contribution in [1.82, 2.24) is 19.1 Å². The highest BCUT2D eigenvalue weighted by molar-refractivity contribution is 6.10. The molecule has 4 heteroatoms. The molecule has 0 aliphatic carbocycles. The van der Waals surface area contributed by atoms with E-state index in [9.17, 15) is 0 Å². The molecule has 0 saturated carbocycles. The van der Waals surface area contributed by atoms with Gasteiger partial charge in [0.2, 0.25) is 5.95 Å². The molecular weight excluding hydrogens is 512 g/mol. The Bertz CT molecular complexity index is 2060. The molecule has 0 unspecified atom stereocenters. The molecule has 5 aromatic carbocycles. The van der Waals surface area contributed by atoms with Crippen molar-refractivity contribution in [3.05, 3.63) is 133 Å². The molecule has 202 valence electrons. The molecular formula is C38H30N4. The van der Waals surface area contributed by atoms with E-state index in [2.05, 4.69) is 157 Å². The van der Waals surface area contributed by atoms with Gasteiger partial charge >= 0.3 is 0 Å². The second-order valence-electron chi connectivity index (χ2n) is 12.0. The molecule has 3 aromatic heterocycles. The largest absolute Gasteiger partial charge is 0.294 e. The number of para-hydroxylation sites is 4. The van der Waals surface area contributed by atoms with Crippen molar-refractivity contribution < 1.29 is 0 Å². The van der Waals surface area contributed by atoms with E-state index in [1.54, 1.807) is 0 Å². The SMILES string of the molecule is CC(C)(C)c1cccc(-c2cc(-n3c4ccccc4c4ccccc43)nc(-n3c4ccccc4c4ccccc43)n2)c1. The first kappa shape index (κ1) is 24.6. The van der Waals surface area contributed by atoms with E-state index in [1.807, 2.05) is 0 Å². The lowest BCUT2D eigenvalue weighted by atomic mass is 9.86. The molecule has 0 fully saturated rings. The highest BCUT2D eigenvalue weighted by Crippen LogP contribution is 2.35. The summed E-state index contributed by atoms with van der Waals surface area (Å²) in [6.07, 6.45) is 0. The summed E-state index contributed by atoms with van der Waals surface area (Å²) in [6.45, 7) is 6.75. The van der Waals surface area contributed by atoms with Gasteiger partial charge < -0.3 is 0 Å². The average Bonchev–Trinajstić information content (AvgIpc) is 3.54. The average molecular weight is 543 g/mol. The Hall–Kier alpha value is -5.22. The van der Waals surface area contributed by atoms with Crippen LogP contribution in [0.1, 0.15) is 26.3 Å². The summed E-state index contributed by atoms with van der Waals surface area (Å²) in [4.78, 5) is 10.6. The van der Waals surface area contributed by atoms with Crippen molar-refractivity contribution in [2.45, 2.75) is 26.2 Å². The number of fused-ring (bicyclic) bond motifs is 6. The Morgan fingerprint density at radius 1 is 0.476 bits per heavy atom. The van der Waals surface area contributed by atoms with E-state index < -0.39 is 0 Å². The van der Waals surface area contributed by atoms with E-state index in [4.69, 9.17) is 9.97 Å². The number of benzene rings is 5. The van der Waals surface area contributed by atoms with Crippen molar-refractivity contribution in [2.75, 3.05) is 0 Å². The highest BCUT2D eigenvalue weighted by Gasteiger charge is 2.20. The molecule has 0 radical (unpaired) electrons. The van der Waals surface area contributed by atoms with E-state index >= 15 is 0 Å². The van der Waals surface area contributed by atoms with Gasteiger partial charge in [0.15, 0.2) is 0 Å². The van der Waals surface area contributed by atoms with Crippen LogP contribution >= 0.6 is 0 Å². The molecule has 0 saturated heterocycles. The Kier molecular flexibility index (Phi) is 5.35. The molecule has 0 amide bonds. The van der Waals surface area contributed by atoms with Crippen LogP contribution in [0.25, 0.3) is 66.6 Å². The second-order valence-corrected chi connectivity index (χ2v) is 12.0. The van der Waals surface area contributed by atoms with Crippen LogP contribution in [0.2, 0.25) is 0 Å². The first-order chi connectivity index (χ1) is 20.5. The van der Waals surface area contributed by atoms with Gasteiger partial charge in [0, 0.05) is 33.2 Å². The third kappa shape index (κ3) is 3.76. The maximum absolute atomic E-state index is 5.33. The number of hydrogen-bond donors (Lipinski definition) is 0. The molecule has 8 aromatic rings. The molecule has 0 atom stereocenters. The van der Waals surface area contributed by atoms with Crippen molar-refractivity contribution in [3.8, 4) is 23.0 Å². The van der Waals surface area contributed by atoms with Crippen LogP contribution in [0.4, 0.5) is 0 Å². The van der Waals surface area contributed by atoms with Crippen LogP contribution in [0.15, 0.2) is 127 Å². The predicted molar refractivity (Wildman–Crippen MR) is 175 cm³/mol. The Morgan fingerprint density at radius 2 is 0.952 bits per heavy atom. The van der Waals surface area contributed by atoms with Crippen molar-refractivity contribution in [2.24, 2.45) is 0 Å². The zero-order chi connectivity index (χ0) is 28.4.